The van der Waals surface area contributed by atoms with Gasteiger partial charge in [-0.05, 0) is 60.7 Å². The van der Waals surface area contributed by atoms with Crippen LogP contribution in [0.5, 0.6) is 0 Å². The van der Waals surface area contributed by atoms with Crippen LogP contribution in [0.1, 0.15) is 36.1 Å². The van der Waals surface area contributed by atoms with Gasteiger partial charge in [0.05, 0.1) is 0 Å². The third-order valence-electron chi connectivity index (χ3n) is 3.54. The number of benzene rings is 2. The highest BCUT2D eigenvalue weighted by Crippen LogP contribution is 2.31. The molecule has 18 heavy (non-hydrogen) atoms. The highest BCUT2D eigenvalue weighted by Gasteiger charge is 2.10. The molecule has 0 aliphatic carbocycles. The van der Waals surface area contributed by atoms with Gasteiger partial charge >= 0.3 is 0 Å². The zero-order valence-electron chi connectivity index (χ0n) is 11.6. The lowest BCUT2D eigenvalue weighted by Crippen LogP contribution is -1.94. The Hall–Kier alpha value is -1.82. The number of rotatable bonds is 2. The van der Waals surface area contributed by atoms with Gasteiger partial charge in [0.25, 0.3) is 0 Å². The highest BCUT2D eigenvalue weighted by molar-refractivity contribution is 5.98. The van der Waals surface area contributed by atoms with Crippen molar-refractivity contribution >= 4 is 22.9 Å². The predicted molar refractivity (Wildman–Crippen MR) is 82.8 cm³/mol. The lowest BCUT2D eigenvalue weighted by molar-refractivity contribution is 1.33. The van der Waals surface area contributed by atoms with E-state index in [1.54, 1.807) is 0 Å². The molecule has 2 aromatic carbocycles. The highest BCUT2D eigenvalue weighted by atomic mass is 14.1. The summed E-state index contributed by atoms with van der Waals surface area (Å²) in [4.78, 5) is 0. The summed E-state index contributed by atoms with van der Waals surface area (Å²) in [6.07, 6.45) is 8.65. The summed E-state index contributed by atoms with van der Waals surface area (Å²) in [6.45, 7) is 8.57. The minimum absolute atomic E-state index is 1.34. The summed E-state index contributed by atoms with van der Waals surface area (Å²) in [6, 6.07) is 8.65. The van der Waals surface area contributed by atoms with E-state index in [0.29, 0.717) is 0 Å². The maximum absolute atomic E-state index is 2.21. The van der Waals surface area contributed by atoms with Crippen molar-refractivity contribution in [3.05, 3.63) is 58.7 Å². The molecule has 92 valence electrons. The van der Waals surface area contributed by atoms with Gasteiger partial charge in [0.2, 0.25) is 0 Å². The van der Waals surface area contributed by atoms with Gasteiger partial charge < -0.3 is 0 Å². The Kier molecular flexibility index (Phi) is 3.66. The largest absolute Gasteiger partial charge is 0.0870 e. The standard InChI is InChI=1S/C18H20/c1-5-9-15-13(3)14(4)16(10-6-2)18-12-8-7-11-17(15)18/h5-12H,1-4H3/b9-5-,10-6-. The first kappa shape index (κ1) is 12.6. The molecule has 0 atom stereocenters. The van der Waals surface area contributed by atoms with Crippen molar-refractivity contribution < 1.29 is 0 Å². The average molecular weight is 236 g/mol. The summed E-state index contributed by atoms with van der Waals surface area (Å²) >= 11 is 0. The fourth-order valence-corrected chi connectivity index (χ4v) is 2.52. The number of hydrogen-bond acceptors (Lipinski definition) is 0. The molecule has 2 aromatic rings. The van der Waals surface area contributed by atoms with Crippen LogP contribution in [-0.4, -0.2) is 0 Å². The Morgan fingerprint density at radius 1 is 0.722 bits per heavy atom. The van der Waals surface area contributed by atoms with E-state index in [-0.39, 0.29) is 0 Å². The van der Waals surface area contributed by atoms with Gasteiger partial charge in [-0.2, -0.15) is 0 Å². The molecule has 2 rings (SSSR count). The topological polar surface area (TPSA) is 0 Å². The fraction of sp³-hybridized carbons (Fsp3) is 0.222. The minimum Gasteiger partial charge on any atom is -0.0870 e. The first-order valence-corrected chi connectivity index (χ1v) is 6.48. The van der Waals surface area contributed by atoms with E-state index < -0.39 is 0 Å². The van der Waals surface area contributed by atoms with Crippen LogP contribution in [0.15, 0.2) is 36.4 Å². The molecule has 0 saturated heterocycles. The molecule has 0 heteroatoms. The summed E-state index contributed by atoms with van der Waals surface area (Å²) in [5.41, 5.74) is 5.44. The first-order chi connectivity index (χ1) is 8.70. The van der Waals surface area contributed by atoms with Gasteiger partial charge in [-0.25, -0.2) is 0 Å². The maximum atomic E-state index is 2.21. The first-order valence-electron chi connectivity index (χ1n) is 6.48. The lowest BCUT2D eigenvalue weighted by atomic mass is 9.90. The molecular weight excluding hydrogens is 216 g/mol. The van der Waals surface area contributed by atoms with Crippen LogP contribution < -0.4 is 0 Å². The molecule has 0 amide bonds. The van der Waals surface area contributed by atoms with Gasteiger partial charge in [-0.15, -0.1) is 0 Å². The second-order valence-corrected chi connectivity index (χ2v) is 4.62. The average Bonchev–Trinajstić information content (AvgIpc) is 2.40. The summed E-state index contributed by atoms with van der Waals surface area (Å²) < 4.78 is 0. The van der Waals surface area contributed by atoms with Crippen molar-refractivity contribution in [2.75, 3.05) is 0 Å². The quantitative estimate of drug-likeness (QED) is 0.643. The molecule has 0 aromatic heterocycles. The summed E-state index contributed by atoms with van der Waals surface area (Å²) in [5, 5.41) is 2.68. The molecule has 0 aliphatic heterocycles. The van der Waals surface area contributed by atoms with Crippen molar-refractivity contribution in [1.29, 1.82) is 0 Å². The van der Waals surface area contributed by atoms with E-state index in [0.717, 1.165) is 0 Å². The van der Waals surface area contributed by atoms with Gasteiger partial charge in [0.15, 0.2) is 0 Å². The van der Waals surface area contributed by atoms with Gasteiger partial charge in [0, 0.05) is 0 Å². The third kappa shape index (κ3) is 1.99. The molecule has 0 heterocycles. The van der Waals surface area contributed by atoms with Crippen molar-refractivity contribution in [3.63, 3.8) is 0 Å². The SMILES string of the molecule is C/C=C\c1c(C)c(C)c(/C=C\C)c2ccccc12. The molecule has 0 fully saturated rings. The Morgan fingerprint density at radius 3 is 1.44 bits per heavy atom. The van der Waals surface area contributed by atoms with E-state index in [9.17, 15) is 0 Å². The zero-order valence-corrected chi connectivity index (χ0v) is 11.6. The van der Waals surface area contributed by atoms with Gasteiger partial charge in [-0.1, -0.05) is 48.6 Å². The lowest BCUT2D eigenvalue weighted by Gasteiger charge is -2.14. The molecule has 0 radical (unpaired) electrons. The molecule has 0 unspecified atom stereocenters. The van der Waals surface area contributed by atoms with Crippen LogP contribution in [0.3, 0.4) is 0 Å². The Balaban J connectivity index is 2.96. The second-order valence-electron chi connectivity index (χ2n) is 4.62. The van der Waals surface area contributed by atoms with Gasteiger partial charge in [-0.3, -0.25) is 0 Å². The van der Waals surface area contributed by atoms with Crippen LogP contribution in [0.2, 0.25) is 0 Å². The smallest absolute Gasteiger partial charge is 0.0103 e. The predicted octanol–water partition coefficient (Wildman–Crippen LogP) is 5.52. The number of allylic oxidation sites excluding steroid dienone is 2. The Morgan fingerprint density at radius 2 is 1.11 bits per heavy atom. The van der Waals surface area contributed by atoms with E-state index >= 15 is 0 Å². The summed E-state index contributed by atoms with van der Waals surface area (Å²) in [5.74, 6) is 0. The van der Waals surface area contributed by atoms with Crippen LogP contribution in [0.4, 0.5) is 0 Å². The normalized spacial score (nSPS) is 12.0. The molecule has 0 saturated carbocycles. The van der Waals surface area contributed by atoms with Crippen molar-refractivity contribution in [1.82, 2.24) is 0 Å². The summed E-state index contributed by atoms with van der Waals surface area (Å²) in [7, 11) is 0. The van der Waals surface area contributed by atoms with Crippen LogP contribution in [0, 0.1) is 13.8 Å². The Labute approximate surface area is 110 Å². The maximum Gasteiger partial charge on any atom is -0.0103 e. The van der Waals surface area contributed by atoms with E-state index in [1.165, 1.54) is 33.0 Å². The number of hydrogen-bond donors (Lipinski definition) is 0. The van der Waals surface area contributed by atoms with E-state index in [2.05, 4.69) is 76.3 Å². The van der Waals surface area contributed by atoms with Crippen molar-refractivity contribution in [2.45, 2.75) is 27.7 Å². The van der Waals surface area contributed by atoms with Crippen molar-refractivity contribution in [2.24, 2.45) is 0 Å². The second kappa shape index (κ2) is 5.22. The van der Waals surface area contributed by atoms with Crippen molar-refractivity contribution in [3.8, 4) is 0 Å². The molecule has 0 N–H and O–H groups in total. The molecule has 0 bridgehead atoms. The molecule has 0 spiro atoms. The third-order valence-corrected chi connectivity index (χ3v) is 3.54. The minimum atomic E-state index is 1.34. The number of fused-ring (bicyclic) bond motifs is 1. The van der Waals surface area contributed by atoms with Crippen LogP contribution >= 0.6 is 0 Å². The van der Waals surface area contributed by atoms with Crippen LogP contribution in [-0.2, 0) is 0 Å². The van der Waals surface area contributed by atoms with Gasteiger partial charge in [0.1, 0.15) is 0 Å². The molecular formula is C18H20. The fourth-order valence-electron chi connectivity index (χ4n) is 2.52. The zero-order chi connectivity index (χ0) is 13.1. The van der Waals surface area contributed by atoms with Crippen LogP contribution in [0.25, 0.3) is 22.9 Å². The van der Waals surface area contributed by atoms with E-state index in [4.69, 9.17) is 0 Å². The van der Waals surface area contributed by atoms with E-state index in [1.807, 2.05) is 0 Å². The monoisotopic (exact) mass is 236 g/mol. The Bertz CT molecular complexity index is 572. The molecule has 0 aliphatic rings. The molecule has 0 nitrogen and oxygen atoms in total.